The number of pyridine rings is 1. The molecule has 0 bridgehead atoms. The number of furan rings is 1. The van der Waals surface area contributed by atoms with Gasteiger partial charge in [-0.15, -0.1) is 11.3 Å². The van der Waals surface area contributed by atoms with Crippen molar-refractivity contribution >= 4 is 28.9 Å². The molecule has 2 amide bonds. The SMILES string of the molecule is Cc1c(C(=O)NCCc2cccs2)oc2c1/C(=N/NC(=O)c1ccncc1)CCC2. The normalized spacial score (nSPS) is 14.4. The van der Waals surface area contributed by atoms with Gasteiger partial charge in [-0.3, -0.25) is 14.6 Å². The maximum absolute atomic E-state index is 12.7. The van der Waals surface area contributed by atoms with Gasteiger partial charge in [0, 0.05) is 46.9 Å². The number of aromatic nitrogens is 1. The van der Waals surface area contributed by atoms with Gasteiger partial charge in [0.1, 0.15) is 5.76 Å². The highest BCUT2D eigenvalue weighted by atomic mass is 32.1. The molecule has 8 heteroatoms. The van der Waals surface area contributed by atoms with Crippen LogP contribution in [0.3, 0.4) is 0 Å². The van der Waals surface area contributed by atoms with Crippen molar-refractivity contribution in [3.8, 4) is 0 Å². The Morgan fingerprint density at radius 2 is 2.03 bits per heavy atom. The van der Waals surface area contributed by atoms with Crippen LogP contribution in [0.4, 0.5) is 0 Å². The number of nitrogens with zero attached hydrogens (tertiary/aromatic N) is 2. The van der Waals surface area contributed by atoms with Gasteiger partial charge in [-0.25, -0.2) is 5.43 Å². The Hall–Kier alpha value is -3.26. The highest BCUT2D eigenvalue weighted by Crippen LogP contribution is 2.29. The number of hydrogen-bond donors (Lipinski definition) is 2. The molecule has 4 rings (SSSR count). The molecular weight excluding hydrogens is 400 g/mol. The lowest BCUT2D eigenvalue weighted by Crippen LogP contribution is -2.26. The van der Waals surface area contributed by atoms with Crippen LogP contribution in [0.15, 0.2) is 51.6 Å². The van der Waals surface area contributed by atoms with E-state index in [-0.39, 0.29) is 11.8 Å². The second-order valence-electron chi connectivity index (χ2n) is 7.03. The van der Waals surface area contributed by atoms with Crippen molar-refractivity contribution in [1.29, 1.82) is 0 Å². The van der Waals surface area contributed by atoms with E-state index in [1.165, 1.54) is 4.88 Å². The molecule has 3 heterocycles. The van der Waals surface area contributed by atoms with E-state index < -0.39 is 0 Å². The fraction of sp³-hybridized carbons (Fsp3) is 0.273. The summed E-state index contributed by atoms with van der Waals surface area (Å²) in [4.78, 5) is 30.1. The molecular formula is C22H22N4O3S. The standard InChI is InChI=1S/C22H22N4O3S/c1-14-19-17(25-26-21(27)15-7-10-23-11-8-15)5-2-6-18(19)29-20(14)22(28)24-12-9-16-4-3-13-30-16/h3-4,7-8,10-11,13H,2,5-6,9,12H2,1H3,(H,24,28)(H,26,27)/b25-17+. The van der Waals surface area contributed by atoms with E-state index in [9.17, 15) is 9.59 Å². The molecule has 0 saturated carbocycles. The summed E-state index contributed by atoms with van der Waals surface area (Å²) in [5, 5.41) is 9.29. The molecule has 0 spiro atoms. The third-order valence-corrected chi connectivity index (χ3v) is 5.94. The molecule has 2 N–H and O–H groups in total. The minimum absolute atomic E-state index is 0.223. The zero-order valence-corrected chi connectivity index (χ0v) is 17.4. The van der Waals surface area contributed by atoms with Gasteiger partial charge in [0.25, 0.3) is 11.8 Å². The maximum Gasteiger partial charge on any atom is 0.287 e. The molecule has 0 aromatic carbocycles. The lowest BCUT2D eigenvalue weighted by atomic mass is 9.93. The number of amides is 2. The first-order valence-electron chi connectivity index (χ1n) is 9.83. The smallest absolute Gasteiger partial charge is 0.287 e. The summed E-state index contributed by atoms with van der Waals surface area (Å²) in [5.74, 6) is 0.545. The highest BCUT2D eigenvalue weighted by Gasteiger charge is 2.28. The predicted molar refractivity (Wildman–Crippen MR) is 115 cm³/mol. The zero-order valence-electron chi connectivity index (χ0n) is 16.6. The van der Waals surface area contributed by atoms with Gasteiger partial charge < -0.3 is 9.73 Å². The average molecular weight is 423 g/mol. The van der Waals surface area contributed by atoms with Crippen LogP contribution < -0.4 is 10.7 Å². The molecule has 3 aromatic heterocycles. The number of fused-ring (bicyclic) bond motifs is 1. The minimum Gasteiger partial charge on any atom is -0.455 e. The Morgan fingerprint density at radius 1 is 1.20 bits per heavy atom. The fourth-order valence-corrected chi connectivity index (χ4v) is 4.23. The van der Waals surface area contributed by atoms with Crippen LogP contribution >= 0.6 is 11.3 Å². The Labute approximate surface area is 178 Å². The number of nitrogens with one attached hydrogen (secondary N) is 2. The van der Waals surface area contributed by atoms with Crippen molar-refractivity contribution in [3.05, 3.63) is 75.1 Å². The van der Waals surface area contributed by atoms with Crippen molar-refractivity contribution in [2.75, 3.05) is 6.54 Å². The fourth-order valence-electron chi connectivity index (χ4n) is 3.52. The van der Waals surface area contributed by atoms with Crippen LogP contribution in [-0.2, 0) is 12.8 Å². The first kappa shape index (κ1) is 20.0. The second-order valence-corrected chi connectivity index (χ2v) is 8.06. The summed E-state index contributed by atoms with van der Waals surface area (Å²) < 4.78 is 5.90. The van der Waals surface area contributed by atoms with Crippen molar-refractivity contribution in [3.63, 3.8) is 0 Å². The monoisotopic (exact) mass is 422 g/mol. The van der Waals surface area contributed by atoms with Gasteiger partial charge in [-0.1, -0.05) is 6.07 Å². The summed E-state index contributed by atoms with van der Waals surface area (Å²) in [6.07, 6.45) is 6.22. The van der Waals surface area contributed by atoms with Crippen LogP contribution in [0.2, 0.25) is 0 Å². The van der Waals surface area contributed by atoms with Crippen molar-refractivity contribution in [2.45, 2.75) is 32.6 Å². The van der Waals surface area contributed by atoms with Crippen molar-refractivity contribution < 1.29 is 14.0 Å². The van der Waals surface area contributed by atoms with E-state index in [1.807, 2.05) is 18.4 Å². The first-order chi connectivity index (χ1) is 14.6. The van der Waals surface area contributed by atoms with Gasteiger partial charge >= 0.3 is 0 Å². The van der Waals surface area contributed by atoms with Crippen molar-refractivity contribution in [2.24, 2.45) is 5.10 Å². The van der Waals surface area contributed by atoms with Gasteiger partial charge in [-0.2, -0.15) is 5.10 Å². The van der Waals surface area contributed by atoms with E-state index in [1.54, 1.807) is 35.9 Å². The van der Waals surface area contributed by atoms with Gasteiger partial charge in [0.05, 0.1) is 5.71 Å². The molecule has 0 fully saturated rings. The molecule has 0 unspecified atom stereocenters. The first-order valence-corrected chi connectivity index (χ1v) is 10.7. The zero-order chi connectivity index (χ0) is 20.9. The van der Waals surface area contributed by atoms with Gasteiger partial charge in [0.15, 0.2) is 5.76 Å². The Balaban J connectivity index is 1.47. The molecule has 0 aliphatic heterocycles. The molecule has 0 radical (unpaired) electrons. The number of aryl methyl sites for hydroxylation is 1. The third-order valence-electron chi connectivity index (χ3n) is 5.00. The van der Waals surface area contributed by atoms with E-state index in [4.69, 9.17) is 4.42 Å². The van der Waals surface area contributed by atoms with E-state index >= 15 is 0 Å². The Kier molecular flexibility index (Phi) is 6.04. The second kappa shape index (κ2) is 9.04. The van der Waals surface area contributed by atoms with Crippen molar-refractivity contribution in [1.82, 2.24) is 15.7 Å². The topological polar surface area (TPSA) is 96.6 Å². The summed E-state index contributed by atoms with van der Waals surface area (Å²) in [7, 11) is 0. The largest absolute Gasteiger partial charge is 0.455 e. The predicted octanol–water partition coefficient (Wildman–Crippen LogP) is 3.49. The Bertz CT molecular complexity index is 1070. The van der Waals surface area contributed by atoms with Crippen LogP contribution in [0.1, 0.15) is 55.5 Å². The Morgan fingerprint density at radius 3 is 2.80 bits per heavy atom. The number of hydrazone groups is 1. The van der Waals surface area contributed by atoms with E-state index in [0.717, 1.165) is 41.9 Å². The number of rotatable bonds is 6. The lowest BCUT2D eigenvalue weighted by Gasteiger charge is -2.13. The number of hydrogen-bond acceptors (Lipinski definition) is 6. The molecule has 1 aliphatic carbocycles. The molecule has 154 valence electrons. The molecule has 7 nitrogen and oxygen atoms in total. The van der Waals surface area contributed by atoms with Gasteiger partial charge in [0.2, 0.25) is 0 Å². The summed E-state index contributed by atoms with van der Waals surface area (Å²) in [6, 6.07) is 7.31. The van der Waals surface area contributed by atoms with Crippen LogP contribution in [-0.4, -0.2) is 29.1 Å². The quantitative estimate of drug-likeness (QED) is 0.594. The number of thiophene rings is 1. The molecule has 30 heavy (non-hydrogen) atoms. The maximum atomic E-state index is 12.7. The molecule has 0 atom stereocenters. The van der Waals surface area contributed by atoms with E-state index in [0.29, 0.717) is 24.3 Å². The van der Waals surface area contributed by atoms with Crippen LogP contribution in [0.5, 0.6) is 0 Å². The summed E-state index contributed by atoms with van der Waals surface area (Å²) >= 11 is 1.67. The lowest BCUT2D eigenvalue weighted by molar-refractivity contribution is 0.0922. The molecule has 0 saturated heterocycles. The van der Waals surface area contributed by atoms with Gasteiger partial charge in [-0.05, 0) is 49.8 Å². The molecule has 1 aliphatic rings. The average Bonchev–Trinajstić information content (AvgIpc) is 3.41. The van der Waals surface area contributed by atoms with Crippen LogP contribution in [0, 0.1) is 6.92 Å². The summed E-state index contributed by atoms with van der Waals surface area (Å²) in [5.41, 5.74) is 5.42. The highest BCUT2D eigenvalue weighted by molar-refractivity contribution is 7.09. The number of carbonyl (C=O) groups excluding carboxylic acids is 2. The molecule has 3 aromatic rings. The third kappa shape index (κ3) is 4.33. The minimum atomic E-state index is -0.301. The van der Waals surface area contributed by atoms with E-state index in [2.05, 4.69) is 26.9 Å². The van der Waals surface area contributed by atoms with Crippen LogP contribution in [0.25, 0.3) is 0 Å². The summed E-state index contributed by atoms with van der Waals surface area (Å²) in [6.45, 7) is 2.41. The number of carbonyl (C=O) groups is 2.